The molecule has 0 aliphatic heterocycles. The molecule has 0 radical (unpaired) electrons. The number of sulfonamides is 1. The molecule has 30 heavy (non-hydrogen) atoms. The Morgan fingerprint density at radius 2 is 1.73 bits per heavy atom. The Hall–Kier alpha value is -1.76. The molecule has 1 aliphatic carbocycles. The van der Waals surface area contributed by atoms with Gasteiger partial charge in [-0.25, -0.2) is 8.42 Å². The van der Waals surface area contributed by atoms with Gasteiger partial charge in [0.15, 0.2) is 0 Å². The minimum atomic E-state index is -3.76. The van der Waals surface area contributed by atoms with E-state index in [0.29, 0.717) is 16.5 Å². The van der Waals surface area contributed by atoms with E-state index < -0.39 is 16.1 Å². The first kappa shape index (κ1) is 22.9. The third-order valence-electron chi connectivity index (χ3n) is 5.41. The summed E-state index contributed by atoms with van der Waals surface area (Å²) in [5, 5.41) is 3.58. The molecule has 2 aromatic carbocycles. The average Bonchev–Trinajstić information content (AvgIpc) is 3.11. The predicted molar refractivity (Wildman–Crippen MR) is 123 cm³/mol. The van der Waals surface area contributed by atoms with Crippen molar-refractivity contribution in [2.45, 2.75) is 51.6 Å². The minimum absolute atomic E-state index is 0.248. The summed E-state index contributed by atoms with van der Waals surface area (Å²) in [5.41, 5.74) is 3.97. The van der Waals surface area contributed by atoms with Crippen LogP contribution in [0.15, 0.2) is 36.4 Å². The van der Waals surface area contributed by atoms with E-state index in [-0.39, 0.29) is 17.6 Å². The van der Waals surface area contributed by atoms with Crippen molar-refractivity contribution in [3.05, 3.63) is 63.1 Å². The molecule has 0 saturated heterocycles. The van der Waals surface area contributed by atoms with E-state index in [1.807, 2.05) is 13.0 Å². The summed E-state index contributed by atoms with van der Waals surface area (Å²) in [6.45, 7) is 3.68. The number of fused-ring (bicyclic) bond motifs is 1. The number of nitrogens with zero attached hydrogens (tertiary/aromatic N) is 1. The first-order valence-electron chi connectivity index (χ1n) is 9.97. The maximum Gasteiger partial charge on any atom is 0.244 e. The van der Waals surface area contributed by atoms with Gasteiger partial charge in [0.25, 0.3) is 0 Å². The van der Waals surface area contributed by atoms with Crippen molar-refractivity contribution < 1.29 is 13.2 Å². The van der Waals surface area contributed by atoms with Crippen molar-refractivity contribution in [2.24, 2.45) is 0 Å². The molecule has 0 bridgehead atoms. The van der Waals surface area contributed by atoms with Crippen molar-refractivity contribution in [3.63, 3.8) is 0 Å². The number of benzene rings is 2. The lowest BCUT2D eigenvalue weighted by molar-refractivity contribution is -0.122. The Morgan fingerprint density at radius 3 is 2.33 bits per heavy atom. The average molecular weight is 469 g/mol. The van der Waals surface area contributed by atoms with Gasteiger partial charge in [-0.05, 0) is 67.5 Å². The number of hydrogen-bond donors (Lipinski definition) is 1. The highest BCUT2D eigenvalue weighted by atomic mass is 35.5. The highest BCUT2D eigenvalue weighted by molar-refractivity contribution is 7.92. The molecule has 5 nitrogen and oxygen atoms in total. The van der Waals surface area contributed by atoms with Gasteiger partial charge < -0.3 is 5.32 Å². The molecule has 1 N–H and O–H groups in total. The lowest BCUT2D eigenvalue weighted by Crippen LogP contribution is -2.49. The van der Waals surface area contributed by atoms with Crippen LogP contribution >= 0.6 is 23.2 Å². The van der Waals surface area contributed by atoms with Crippen LogP contribution in [-0.4, -0.2) is 26.6 Å². The number of rotatable bonds is 7. The number of nitrogens with one attached hydrogen (secondary N) is 1. The monoisotopic (exact) mass is 468 g/mol. The number of amides is 1. The summed E-state index contributed by atoms with van der Waals surface area (Å²) in [6.07, 6.45) is 4.67. The SMILES string of the molecule is CC[C@H](C(=O)N[C@H](C)c1ccc2c(c1)CCC2)N(c1cc(Cl)cc(Cl)c1)S(C)(=O)=O. The normalized spacial score (nSPS) is 15.4. The lowest BCUT2D eigenvalue weighted by atomic mass is 10.0. The largest absolute Gasteiger partial charge is 0.348 e. The molecule has 1 amide bonds. The van der Waals surface area contributed by atoms with Crippen LogP contribution in [0.2, 0.25) is 10.0 Å². The summed E-state index contributed by atoms with van der Waals surface area (Å²) in [4.78, 5) is 13.1. The number of carbonyl (C=O) groups excluding carboxylic acids is 1. The molecule has 0 heterocycles. The Balaban J connectivity index is 1.87. The fourth-order valence-electron chi connectivity index (χ4n) is 3.98. The second-order valence-corrected chi connectivity index (χ2v) is 10.5. The van der Waals surface area contributed by atoms with Crippen LogP contribution in [0.5, 0.6) is 0 Å². The molecule has 1 aliphatic rings. The molecule has 0 unspecified atom stereocenters. The summed E-state index contributed by atoms with van der Waals surface area (Å²) >= 11 is 12.2. The lowest BCUT2D eigenvalue weighted by Gasteiger charge is -2.31. The van der Waals surface area contributed by atoms with E-state index in [4.69, 9.17) is 23.2 Å². The molecule has 3 rings (SSSR count). The topological polar surface area (TPSA) is 66.5 Å². The van der Waals surface area contributed by atoms with Gasteiger partial charge in [0.1, 0.15) is 6.04 Å². The quantitative estimate of drug-likeness (QED) is 0.627. The first-order chi connectivity index (χ1) is 14.1. The van der Waals surface area contributed by atoms with Gasteiger partial charge in [0.05, 0.1) is 18.0 Å². The summed E-state index contributed by atoms with van der Waals surface area (Å²) in [5.74, 6) is -0.368. The van der Waals surface area contributed by atoms with Crippen LogP contribution in [0, 0.1) is 0 Å². The van der Waals surface area contributed by atoms with E-state index in [1.54, 1.807) is 6.92 Å². The van der Waals surface area contributed by atoms with Crippen LogP contribution in [-0.2, 0) is 27.7 Å². The van der Waals surface area contributed by atoms with Crippen LogP contribution < -0.4 is 9.62 Å². The molecule has 0 saturated carbocycles. The highest BCUT2D eigenvalue weighted by Gasteiger charge is 2.32. The van der Waals surface area contributed by atoms with E-state index in [2.05, 4.69) is 17.4 Å². The van der Waals surface area contributed by atoms with Crippen molar-refractivity contribution >= 4 is 44.8 Å². The van der Waals surface area contributed by atoms with Gasteiger partial charge in [0, 0.05) is 10.0 Å². The number of hydrogen-bond acceptors (Lipinski definition) is 3. The van der Waals surface area contributed by atoms with Crippen molar-refractivity contribution in [1.82, 2.24) is 5.32 Å². The molecule has 0 fully saturated rings. The zero-order chi connectivity index (χ0) is 22.1. The molecule has 2 atom stereocenters. The maximum absolute atomic E-state index is 13.1. The number of carbonyl (C=O) groups is 1. The van der Waals surface area contributed by atoms with Crippen LogP contribution in [0.4, 0.5) is 5.69 Å². The highest BCUT2D eigenvalue weighted by Crippen LogP contribution is 2.30. The Kier molecular flexibility index (Phi) is 7.00. The molecule has 2 aromatic rings. The minimum Gasteiger partial charge on any atom is -0.348 e. The van der Waals surface area contributed by atoms with E-state index in [0.717, 1.165) is 35.4 Å². The number of anilines is 1. The molecular weight excluding hydrogens is 443 g/mol. The zero-order valence-electron chi connectivity index (χ0n) is 17.3. The zero-order valence-corrected chi connectivity index (χ0v) is 19.6. The third kappa shape index (κ3) is 5.10. The summed E-state index contributed by atoms with van der Waals surface area (Å²) in [7, 11) is -3.76. The molecule has 0 aromatic heterocycles. The van der Waals surface area contributed by atoms with Crippen LogP contribution in [0.1, 0.15) is 49.4 Å². The van der Waals surface area contributed by atoms with Gasteiger partial charge in [-0.1, -0.05) is 48.3 Å². The smallest absolute Gasteiger partial charge is 0.244 e. The second-order valence-electron chi connectivity index (χ2n) is 7.72. The molecule has 8 heteroatoms. The standard InChI is InChI=1S/C22H26Cl2N2O3S/c1-4-21(26(30(3,28)29)20-12-18(23)11-19(24)13-20)22(27)25-14(2)16-9-8-15-6-5-7-17(15)10-16/h8-14,21H,4-7H2,1-3H3,(H,25,27)/t14-,21-/m1/s1. The van der Waals surface area contributed by atoms with E-state index in [9.17, 15) is 13.2 Å². The van der Waals surface area contributed by atoms with Crippen molar-refractivity contribution in [2.75, 3.05) is 10.6 Å². The van der Waals surface area contributed by atoms with Gasteiger partial charge in [-0.2, -0.15) is 0 Å². The van der Waals surface area contributed by atoms with Crippen LogP contribution in [0.3, 0.4) is 0 Å². The fourth-order valence-corrected chi connectivity index (χ4v) is 5.69. The Morgan fingerprint density at radius 1 is 1.10 bits per heavy atom. The number of halogens is 2. The fraction of sp³-hybridized carbons (Fsp3) is 0.409. The van der Waals surface area contributed by atoms with Gasteiger partial charge in [0.2, 0.25) is 15.9 Å². The van der Waals surface area contributed by atoms with Gasteiger partial charge in [-0.15, -0.1) is 0 Å². The maximum atomic E-state index is 13.1. The summed E-state index contributed by atoms with van der Waals surface area (Å²) < 4.78 is 26.3. The van der Waals surface area contributed by atoms with Gasteiger partial charge in [-0.3, -0.25) is 9.10 Å². The van der Waals surface area contributed by atoms with Gasteiger partial charge >= 0.3 is 0 Å². The van der Waals surface area contributed by atoms with Crippen molar-refractivity contribution in [1.29, 1.82) is 0 Å². The second kappa shape index (κ2) is 9.16. The van der Waals surface area contributed by atoms with Crippen molar-refractivity contribution in [3.8, 4) is 0 Å². The Labute approximate surface area is 188 Å². The van der Waals surface area contributed by atoms with Crippen LogP contribution in [0.25, 0.3) is 0 Å². The summed E-state index contributed by atoms with van der Waals surface area (Å²) in [6, 6.07) is 9.62. The predicted octanol–water partition coefficient (Wildman–Crippen LogP) is 4.90. The number of aryl methyl sites for hydroxylation is 2. The Bertz CT molecular complexity index is 1040. The molecule has 0 spiro atoms. The molecule has 162 valence electrons. The van der Waals surface area contributed by atoms with E-state index in [1.165, 1.54) is 29.3 Å². The first-order valence-corrected chi connectivity index (χ1v) is 12.6. The third-order valence-corrected chi connectivity index (χ3v) is 7.03. The van der Waals surface area contributed by atoms with E-state index >= 15 is 0 Å². The molecular formula is C22H26Cl2N2O3S.